The second-order valence-corrected chi connectivity index (χ2v) is 7.46. The number of nitrogens with one attached hydrogen (secondary N) is 1. The van der Waals surface area contributed by atoms with Crippen LogP contribution in [0.1, 0.15) is 29.0 Å². The lowest BCUT2D eigenvalue weighted by molar-refractivity contribution is 0.103. The molecule has 8 heteroatoms. The number of hydrogen-bond donors (Lipinski definition) is 2. The van der Waals surface area contributed by atoms with Gasteiger partial charge in [-0.2, -0.15) is 0 Å². The van der Waals surface area contributed by atoms with Crippen LogP contribution in [0.15, 0.2) is 60.9 Å². The van der Waals surface area contributed by atoms with E-state index in [0.29, 0.717) is 54.8 Å². The molecule has 2 aromatic heterocycles. The molecule has 0 bridgehead atoms. The number of aromatic amines is 1. The molecular formula is C23H21N5O3. The number of carbonyl (C=O) groups excluding carboxylic acids is 1. The largest absolute Gasteiger partial charge is 0.436 e. The molecule has 0 amide bonds. The minimum Gasteiger partial charge on any atom is -0.436 e. The van der Waals surface area contributed by atoms with Crippen molar-refractivity contribution in [3.63, 3.8) is 0 Å². The smallest absolute Gasteiger partial charge is 0.263 e. The van der Waals surface area contributed by atoms with Crippen LogP contribution in [0.3, 0.4) is 0 Å². The van der Waals surface area contributed by atoms with E-state index >= 15 is 0 Å². The van der Waals surface area contributed by atoms with E-state index in [1.807, 2.05) is 24.3 Å². The van der Waals surface area contributed by atoms with E-state index in [0.717, 1.165) is 11.0 Å². The monoisotopic (exact) mass is 415 g/mol. The highest BCUT2D eigenvalue weighted by Crippen LogP contribution is 2.30. The van der Waals surface area contributed by atoms with Crippen LogP contribution in [0.4, 0.5) is 5.82 Å². The maximum atomic E-state index is 12.8. The first kappa shape index (κ1) is 19.2. The van der Waals surface area contributed by atoms with Gasteiger partial charge in [0.05, 0.1) is 17.1 Å². The van der Waals surface area contributed by atoms with Crippen molar-refractivity contribution >= 4 is 22.6 Å². The zero-order valence-electron chi connectivity index (χ0n) is 16.7. The number of anilines is 1. The number of rotatable bonds is 5. The molecule has 0 radical (unpaired) electrons. The summed E-state index contributed by atoms with van der Waals surface area (Å²) < 4.78 is 5.97. The third-order valence-corrected chi connectivity index (χ3v) is 5.35. The lowest BCUT2D eigenvalue weighted by Crippen LogP contribution is -2.36. The Balaban J connectivity index is 1.33. The molecule has 2 N–H and O–H groups in total. The number of piperidine rings is 1. The highest BCUT2D eigenvalue weighted by molar-refractivity contribution is 6.08. The second kappa shape index (κ2) is 8.16. The topological polar surface area (TPSA) is 104 Å². The second-order valence-electron chi connectivity index (χ2n) is 7.46. The van der Waals surface area contributed by atoms with Gasteiger partial charge in [0, 0.05) is 31.0 Å². The maximum absolute atomic E-state index is 12.8. The highest BCUT2D eigenvalue weighted by Gasteiger charge is 2.22. The van der Waals surface area contributed by atoms with Gasteiger partial charge in [-0.05, 0) is 49.2 Å². The van der Waals surface area contributed by atoms with Crippen LogP contribution in [-0.2, 0) is 0 Å². The molecule has 1 aliphatic heterocycles. The Labute approximate surface area is 178 Å². The summed E-state index contributed by atoms with van der Waals surface area (Å²) in [6, 6.07) is 14.4. The molecule has 3 heterocycles. The molecule has 4 aromatic rings. The third kappa shape index (κ3) is 3.97. The van der Waals surface area contributed by atoms with E-state index in [9.17, 15) is 9.90 Å². The van der Waals surface area contributed by atoms with Gasteiger partial charge in [0.25, 0.3) is 5.88 Å². The number of ether oxygens (including phenoxy) is 1. The summed E-state index contributed by atoms with van der Waals surface area (Å²) >= 11 is 0. The number of fused-ring (bicyclic) bond motifs is 1. The number of benzene rings is 2. The van der Waals surface area contributed by atoms with Crippen LogP contribution >= 0.6 is 0 Å². The Kier molecular flexibility index (Phi) is 5.05. The Bertz CT molecular complexity index is 1180. The van der Waals surface area contributed by atoms with E-state index < -0.39 is 0 Å². The molecule has 2 aromatic carbocycles. The minimum atomic E-state index is -0.269. The van der Waals surface area contributed by atoms with Crippen LogP contribution in [0.5, 0.6) is 11.6 Å². The average molecular weight is 415 g/mol. The number of aliphatic hydroxyl groups excluding tert-OH is 1. The Morgan fingerprint density at radius 1 is 1.03 bits per heavy atom. The SMILES string of the molecule is O=C(c1ccc(Oc2nccnc2N2CCC(O)CC2)cc1)c1nc2ccccc2[nH]1. The first-order valence-corrected chi connectivity index (χ1v) is 10.2. The van der Waals surface area contributed by atoms with E-state index in [1.165, 1.54) is 0 Å². The van der Waals surface area contributed by atoms with Gasteiger partial charge in [0.2, 0.25) is 5.78 Å². The standard InChI is InChI=1S/C23H21N5O3/c29-16-9-13-28(14-10-16)22-23(25-12-11-24-22)31-17-7-5-15(6-8-17)20(30)21-26-18-3-1-2-4-19(18)27-21/h1-8,11-12,16,29H,9-10,13-14H2,(H,26,27). The van der Waals surface area contributed by atoms with Crippen LogP contribution < -0.4 is 9.64 Å². The van der Waals surface area contributed by atoms with Crippen molar-refractivity contribution in [1.29, 1.82) is 0 Å². The number of para-hydroxylation sites is 2. The number of H-pyrrole nitrogens is 1. The number of imidazole rings is 1. The van der Waals surface area contributed by atoms with Crippen LogP contribution in [0.25, 0.3) is 11.0 Å². The predicted molar refractivity (Wildman–Crippen MR) is 116 cm³/mol. The van der Waals surface area contributed by atoms with Crippen molar-refractivity contribution in [3.8, 4) is 11.6 Å². The number of nitrogens with zero attached hydrogens (tertiary/aromatic N) is 4. The lowest BCUT2D eigenvalue weighted by Gasteiger charge is -2.30. The fourth-order valence-corrected chi connectivity index (χ4v) is 3.67. The molecule has 0 atom stereocenters. The van der Waals surface area contributed by atoms with Gasteiger partial charge >= 0.3 is 0 Å². The van der Waals surface area contributed by atoms with Gasteiger partial charge in [-0.15, -0.1) is 0 Å². The molecule has 8 nitrogen and oxygen atoms in total. The van der Waals surface area contributed by atoms with Crippen LogP contribution in [0.2, 0.25) is 0 Å². The van der Waals surface area contributed by atoms with E-state index in [4.69, 9.17) is 4.74 Å². The van der Waals surface area contributed by atoms with E-state index in [2.05, 4.69) is 24.8 Å². The third-order valence-electron chi connectivity index (χ3n) is 5.35. The number of aliphatic hydroxyl groups is 1. The molecule has 0 spiro atoms. The van der Waals surface area contributed by atoms with Crippen LogP contribution in [0, 0.1) is 0 Å². The average Bonchev–Trinajstić information content (AvgIpc) is 3.25. The zero-order valence-corrected chi connectivity index (χ0v) is 16.7. The summed E-state index contributed by atoms with van der Waals surface area (Å²) in [6.07, 6.45) is 4.32. The van der Waals surface area contributed by atoms with Crippen molar-refractivity contribution in [1.82, 2.24) is 19.9 Å². The van der Waals surface area contributed by atoms with Crippen molar-refractivity contribution in [2.75, 3.05) is 18.0 Å². The fraction of sp³-hybridized carbons (Fsp3) is 0.217. The number of hydrogen-bond acceptors (Lipinski definition) is 7. The van der Waals surface area contributed by atoms with E-state index in [1.54, 1.807) is 36.7 Å². The number of aromatic nitrogens is 4. The number of carbonyl (C=O) groups is 1. The Morgan fingerprint density at radius 3 is 2.55 bits per heavy atom. The van der Waals surface area contributed by atoms with Gasteiger partial charge in [0.1, 0.15) is 5.75 Å². The highest BCUT2D eigenvalue weighted by atomic mass is 16.5. The summed E-state index contributed by atoms with van der Waals surface area (Å²) in [5.41, 5.74) is 2.09. The van der Waals surface area contributed by atoms with Gasteiger partial charge in [-0.25, -0.2) is 15.0 Å². The molecule has 0 aliphatic carbocycles. The molecule has 0 saturated carbocycles. The first-order chi connectivity index (χ1) is 15.2. The Morgan fingerprint density at radius 2 is 1.77 bits per heavy atom. The molecule has 1 aliphatic rings. The summed E-state index contributed by atoms with van der Waals surface area (Å²) in [5.74, 6) is 1.72. The van der Waals surface area contributed by atoms with Crippen molar-refractivity contribution in [3.05, 3.63) is 72.3 Å². The molecular weight excluding hydrogens is 394 g/mol. The quantitative estimate of drug-likeness (QED) is 0.482. The summed E-state index contributed by atoms with van der Waals surface area (Å²) in [7, 11) is 0. The molecule has 5 rings (SSSR count). The van der Waals surface area contributed by atoms with Crippen molar-refractivity contribution in [2.24, 2.45) is 0 Å². The normalized spacial score (nSPS) is 14.7. The van der Waals surface area contributed by atoms with Gasteiger partial charge < -0.3 is 19.7 Å². The molecule has 1 saturated heterocycles. The summed E-state index contributed by atoms with van der Waals surface area (Å²) in [6.45, 7) is 1.39. The molecule has 156 valence electrons. The molecule has 1 fully saturated rings. The lowest BCUT2D eigenvalue weighted by atomic mass is 10.1. The maximum Gasteiger partial charge on any atom is 0.263 e. The van der Waals surface area contributed by atoms with Gasteiger partial charge in [-0.1, -0.05) is 12.1 Å². The summed E-state index contributed by atoms with van der Waals surface area (Å²) in [5, 5.41) is 9.74. The van der Waals surface area contributed by atoms with Crippen LogP contribution in [-0.4, -0.2) is 50.0 Å². The zero-order chi connectivity index (χ0) is 21.2. The van der Waals surface area contributed by atoms with Crippen molar-refractivity contribution < 1.29 is 14.6 Å². The minimum absolute atomic E-state index is 0.185. The molecule has 31 heavy (non-hydrogen) atoms. The first-order valence-electron chi connectivity index (χ1n) is 10.2. The fourth-order valence-electron chi connectivity index (χ4n) is 3.67. The Hall–Kier alpha value is -3.78. The summed E-state index contributed by atoms with van der Waals surface area (Å²) in [4.78, 5) is 31.0. The van der Waals surface area contributed by atoms with Crippen molar-refractivity contribution in [2.45, 2.75) is 18.9 Å². The molecule has 0 unspecified atom stereocenters. The predicted octanol–water partition coefficient (Wildman–Crippen LogP) is 3.34. The number of ketones is 1. The van der Waals surface area contributed by atoms with E-state index in [-0.39, 0.29) is 11.9 Å². The van der Waals surface area contributed by atoms with Gasteiger partial charge in [0.15, 0.2) is 11.6 Å². The van der Waals surface area contributed by atoms with Gasteiger partial charge in [-0.3, -0.25) is 4.79 Å².